The molecule has 22 heavy (non-hydrogen) atoms. The van der Waals surface area contributed by atoms with Crippen LogP contribution in [0.4, 0.5) is 4.39 Å². The molecule has 1 N–H and O–H groups in total. The molecule has 117 valence electrons. The van der Waals surface area contributed by atoms with Crippen molar-refractivity contribution >= 4 is 0 Å². The molecule has 2 unspecified atom stereocenters. The summed E-state index contributed by atoms with van der Waals surface area (Å²) in [6, 6.07) is 20.1. The van der Waals surface area contributed by atoms with Crippen LogP contribution in [0, 0.1) is 6.61 Å². The second-order valence-electron chi connectivity index (χ2n) is 5.26. The molecular formula is C19H23FNO. The Labute approximate surface area is 132 Å². The SMILES string of the molecule is C[CH]OC(C)C(F)CNC(c1ccccc1)c1ccccc1. The third kappa shape index (κ3) is 4.65. The summed E-state index contributed by atoms with van der Waals surface area (Å²) in [6.07, 6.45) is -1.52. The van der Waals surface area contributed by atoms with Gasteiger partial charge < -0.3 is 10.1 Å². The predicted octanol–water partition coefficient (Wildman–Crippen LogP) is 4.29. The van der Waals surface area contributed by atoms with E-state index in [9.17, 15) is 4.39 Å². The first-order valence-corrected chi connectivity index (χ1v) is 7.63. The average Bonchev–Trinajstić information content (AvgIpc) is 2.57. The van der Waals surface area contributed by atoms with Crippen LogP contribution in [0.15, 0.2) is 60.7 Å². The Morgan fingerprint density at radius 1 is 1.00 bits per heavy atom. The zero-order valence-electron chi connectivity index (χ0n) is 13.1. The molecule has 0 saturated heterocycles. The lowest BCUT2D eigenvalue weighted by Crippen LogP contribution is -2.35. The van der Waals surface area contributed by atoms with E-state index in [1.54, 1.807) is 13.8 Å². The van der Waals surface area contributed by atoms with E-state index in [2.05, 4.69) is 29.6 Å². The quantitative estimate of drug-likeness (QED) is 0.785. The molecule has 0 aliphatic heterocycles. The number of hydrogen-bond acceptors (Lipinski definition) is 2. The first kappa shape index (κ1) is 16.7. The van der Waals surface area contributed by atoms with Crippen molar-refractivity contribution in [3.8, 4) is 0 Å². The van der Waals surface area contributed by atoms with E-state index < -0.39 is 12.3 Å². The van der Waals surface area contributed by atoms with Gasteiger partial charge in [-0.3, -0.25) is 0 Å². The van der Waals surface area contributed by atoms with Crippen molar-refractivity contribution < 1.29 is 9.13 Å². The lowest BCUT2D eigenvalue weighted by Gasteiger charge is -2.23. The summed E-state index contributed by atoms with van der Waals surface area (Å²) >= 11 is 0. The molecule has 2 nitrogen and oxygen atoms in total. The zero-order valence-corrected chi connectivity index (χ0v) is 13.1. The van der Waals surface area contributed by atoms with Crippen LogP contribution in [-0.4, -0.2) is 18.8 Å². The maximum Gasteiger partial charge on any atom is 0.138 e. The summed E-state index contributed by atoms with van der Waals surface area (Å²) in [4.78, 5) is 0. The Bertz CT molecular complexity index is 492. The van der Waals surface area contributed by atoms with Gasteiger partial charge in [0.2, 0.25) is 0 Å². The van der Waals surface area contributed by atoms with Crippen LogP contribution in [-0.2, 0) is 4.74 Å². The molecule has 2 atom stereocenters. The fourth-order valence-electron chi connectivity index (χ4n) is 2.42. The van der Waals surface area contributed by atoms with Crippen molar-refractivity contribution in [2.75, 3.05) is 6.54 Å². The van der Waals surface area contributed by atoms with Gasteiger partial charge in [0, 0.05) is 6.54 Å². The highest BCUT2D eigenvalue weighted by molar-refractivity contribution is 5.31. The van der Waals surface area contributed by atoms with Crippen LogP contribution in [0.2, 0.25) is 0 Å². The van der Waals surface area contributed by atoms with E-state index in [1.165, 1.54) is 6.61 Å². The summed E-state index contributed by atoms with van der Waals surface area (Å²) < 4.78 is 19.4. The van der Waals surface area contributed by atoms with Crippen LogP contribution in [0.25, 0.3) is 0 Å². The predicted molar refractivity (Wildman–Crippen MR) is 88.1 cm³/mol. The van der Waals surface area contributed by atoms with Crippen molar-refractivity contribution in [2.24, 2.45) is 0 Å². The van der Waals surface area contributed by atoms with E-state index in [4.69, 9.17) is 4.74 Å². The van der Waals surface area contributed by atoms with Gasteiger partial charge >= 0.3 is 0 Å². The Morgan fingerprint density at radius 3 is 1.95 bits per heavy atom. The molecule has 0 aromatic heterocycles. The highest BCUT2D eigenvalue weighted by atomic mass is 19.1. The summed E-state index contributed by atoms with van der Waals surface area (Å²) in [5.74, 6) is 0. The van der Waals surface area contributed by atoms with Crippen molar-refractivity contribution in [3.05, 3.63) is 78.4 Å². The van der Waals surface area contributed by atoms with Gasteiger partial charge in [0.15, 0.2) is 0 Å². The Kier molecular flexibility index (Phi) is 6.56. The molecule has 0 spiro atoms. The smallest absolute Gasteiger partial charge is 0.138 e. The lowest BCUT2D eigenvalue weighted by molar-refractivity contribution is 0.0501. The minimum atomic E-state index is -1.06. The van der Waals surface area contributed by atoms with Crippen molar-refractivity contribution in [1.29, 1.82) is 0 Å². The first-order valence-electron chi connectivity index (χ1n) is 7.63. The van der Waals surface area contributed by atoms with Crippen LogP contribution < -0.4 is 5.32 Å². The van der Waals surface area contributed by atoms with Gasteiger partial charge in [-0.15, -0.1) is 0 Å². The Hall–Kier alpha value is -1.71. The van der Waals surface area contributed by atoms with Gasteiger partial charge in [0.25, 0.3) is 0 Å². The zero-order chi connectivity index (χ0) is 15.8. The fourth-order valence-corrected chi connectivity index (χ4v) is 2.42. The number of hydrogen-bond donors (Lipinski definition) is 1. The molecule has 0 bridgehead atoms. The molecule has 0 amide bonds. The fraction of sp³-hybridized carbons (Fsp3) is 0.316. The topological polar surface area (TPSA) is 21.3 Å². The first-order chi connectivity index (χ1) is 10.7. The summed E-state index contributed by atoms with van der Waals surface area (Å²) in [6.45, 7) is 5.27. The molecule has 2 rings (SSSR count). The van der Waals surface area contributed by atoms with Crippen LogP contribution in [0.3, 0.4) is 0 Å². The second kappa shape index (κ2) is 8.66. The van der Waals surface area contributed by atoms with E-state index >= 15 is 0 Å². The maximum absolute atomic E-state index is 14.2. The van der Waals surface area contributed by atoms with E-state index in [1.807, 2.05) is 36.4 Å². The second-order valence-corrected chi connectivity index (χ2v) is 5.26. The third-order valence-corrected chi connectivity index (χ3v) is 3.64. The largest absolute Gasteiger partial charge is 0.370 e. The molecule has 0 fully saturated rings. The van der Waals surface area contributed by atoms with Gasteiger partial charge in [0.05, 0.1) is 18.8 Å². The molecule has 2 aromatic rings. The van der Waals surface area contributed by atoms with E-state index in [0.29, 0.717) is 0 Å². The summed E-state index contributed by atoms with van der Waals surface area (Å²) in [7, 11) is 0. The number of nitrogens with one attached hydrogen (secondary N) is 1. The minimum Gasteiger partial charge on any atom is -0.370 e. The number of halogens is 1. The molecule has 2 aromatic carbocycles. The Balaban J connectivity index is 2.09. The summed E-state index contributed by atoms with van der Waals surface area (Å²) in [5.41, 5.74) is 2.24. The third-order valence-electron chi connectivity index (χ3n) is 3.64. The highest BCUT2D eigenvalue weighted by Crippen LogP contribution is 2.22. The number of alkyl halides is 1. The standard InChI is InChI=1S/C19H23FNO/c1-3-22-15(2)18(20)14-21-19(16-10-6-4-7-11-16)17-12-8-5-9-13-17/h3-13,15,18-19,21H,14H2,1-2H3. The summed E-state index contributed by atoms with van der Waals surface area (Å²) in [5, 5.41) is 3.32. The Morgan fingerprint density at radius 2 is 1.50 bits per heavy atom. The van der Waals surface area contributed by atoms with Gasteiger partial charge in [-0.2, -0.15) is 0 Å². The molecule has 1 radical (unpaired) electrons. The molecule has 0 aliphatic carbocycles. The van der Waals surface area contributed by atoms with Crippen molar-refractivity contribution in [1.82, 2.24) is 5.32 Å². The van der Waals surface area contributed by atoms with E-state index in [0.717, 1.165) is 11.1 Å². The number of rotatable bonds is 8. The van der Waals surface area contributed by atoms with Crippen LogP contribution in [0.1, 0.15) is 31.0 Å². The highest BCUT2D eigenvalue weighted by Gasteiger charge is 2.20. The van der Waals surface area contributed by atoms with E-state index in [-0.39, 0.29) is 12.6 Å². The average molecular weight is 300 g/mol. The van der Waals surface area contributed by atoms with Crippen molar-refractivity contribution in [2.45, 2.75) is 32.2 Å². The minimum absolute atomic E-state index is 0.0292. The normalized spacial score (nSPS) is 14.0. The lowest BCUT2D eigenvalue weighted by atomic mass is 9.98. The molecule has 0 aliphatic rings. The van der Waals surface area contributed by atoms with Crippen LogP contribution in [0.5, 0.6) is 0 Å². The van der Waals surface area contributed by atoms with Crippen LogP contribution >= 0.6 is 0 Å². The molecule has 3 heteroatoms. The number of benzene rings is 2. The van der Waals surface area contributed by atoms with Crippen molar-refractivity contribution in [3.63, 3.8) is 0 Å². The van der Waals surface area contributed by atoms with Gasteiger partial charge in [-0.05, 0) is 25.0 Å². The number of ether oxygens (including phenoxy) is 1. The monoisotopic (exact) mass is 300 g/mol. The molecular weight excluding hydrogens is 277 g/mol. The van der Waals surface area contributed by atoms with Gasteiger partial charge in [-0.1, -0.05) is 60.7 Å². The molecule has 0 heterocycles. The van der Waals surface area contributed by atoms with Gasteiger partial charge in [-0.25, -0.2) is 4.39 Å². The maximum atomic E-state index is 14.2. The van der Waals surface area contributed by atoms with Gasteiger partial charge in [0.1, 0.15) is 6.17 Å². The molecule has 0 saturated carbocycles.